The van der Waals surface area contributed by atoms with Crippen LogP contribution in [0, 0.1) is 11.8 Å². The van der Waals surface area contributed by atoms with Crippen LogP contribution in [0.4, 0.5) is 23.4 Å². The minimum absolute atomic E-state index is 0.0545. The third-order valence-electron chi connectivity index (χ3n) is 5.06. The van der Waals surface area contributed by atoms with Crippen LogP contribution in [-0.4, -0.2) is 41.5 Å². The minimum atomic E-state index is -2.65. The Kier molecular flexibility index (Phi) is 5.69. The normalized spacial score (nSPS) is 11.3. The maximum Gasteiger partial charge on any atom is 0.257 e. The van der Waals surface area contributed by atoms with Crippen molar-refractivity contribution in [1.29, 1.82) is 0 Å². The predicted molar refractivity (Wildman–Crippen MR) is 118 cm³/mol. The topological polar surface area (TPSA) is 90.0 Å². The molecule has 12 heteroatoms. The lowest BCUT2D eigenvalue weighted by atomic mass is 10.1. The van der Waals surface area contributed by atoms with Gasteiger partial charge in [-0.2, -0.15) is 9.49 Å². The standard InChI is InChI=1S/C23H15F4N7O/c24-15-3-1-2-13(8-15)21-22(33(12-29-21)10-17(25)26)16-4-5-20-30-19(11-34(20)32-16)31-23(35)14-6-7-28-18(27)9-14/h1-9,11-12,17H,10H2,(H,31,35). The SMILES string of the molecule is O=C(Nc1cn2nc(-c3c(-c4cccc(F)c4)ncn3CC(F)F)ccc2n1)c1ccnc(F)c1. The molecule has 5 rings (SSSR count). The molecule has 0 atom stereocenters. The zero-order valence-electron chi connectivity index (χ0n) is 17.7. The second-order valence-electron chi connectivity index (χ2n) is 7.46. The average Bonchev–Trinajstić information content (AvgIpc) is 3.41. The lowest BCUT2D eigenvalue weighted by molar-refractivity contribution is 0.102. The summed E-state index contributed by atoms with van der Waals surface area (Å²) in [4.78, 5) is 24.3. The fourth-order valence-electron chi connectivity index (χ4n) is 3.59. The number of nitrogens with one attached hydrogen (secondary N) is 1. The van der Waals surface area contributed by atoms with Crippen molar-refractivity contribution in [2.24, 2.45) is 0 Å². The van der Waals surface area contributed by atoms with Crippen molar-refractivity contribution >= 4 is 17.4 Å². The molecule has 0 fully saturated rings. The van der Waals surface area contributed by atoms with Gasteiger partial charge in [-0.05, 0) is 30.3 Å². The number of alkyl halides is 2. The van der Waals surface area contributed by atoms with E-state index in [4.69, 9.17) is 0 Å². The monoisotopic (exact) mass is 481 g/mol. The Hall–Kier alpha value is -4.61. The molecule has 0 saturated carbocycles. The molecular formula is C23H15F4N7O. The highest BCUT2D eigenvalue weighted by molar-refractivity contribution is 6.03. The van der Waals surface area contributed by atoms with Gasteiger partial charge in [0, 0.05) is 23.4 Å². The third-order valence-corrected chi connectivity index (χ3v) is 5.06. The summed E-state index contributed by atoms with van der Waals surface area (Å²) in [6.45, 7) is -0.634. The van der Waals surface area contributed by atoms with Gasteiger partial charge in [-0.25, -0.2) is 32.6 Å². The molecule has 0 aliphatic heterocycles. The second kappa shape index (κ2) is 8.97. The molecule has 5 aromatic rings. The van der Waals surface area contributed by atoms with E-state index in [-0.39, 0.29) is 28.5 Å². The van der Waals surface area contributed by atoms with Crippen LogP contribution in [-0.2, 0) is 6.54 Å². The highest BCUT2D eigenvalue weighted by Gasteiger charge is 2.20. The first-order valence-corrected chi connectivity index (χ1v) is 10.3. The van der Waals surface area contributed by atoms with Crippen molar-refractivity contribution in [1.82, 2.24) is 29.1 Å². The molecule has 0 radical (unpaired) electrons. The van der Waals surface area contributed by atoms with Gasteiger partial charge in [-0.1, -0.05) is 12.1 Å². The highest BCUT2D eigenvalue weighted by atomic mass is 19.3. The fraction of sp³-hybridized carbons (Fsp3) is 0.0870. The first-order valence-electron chi connectivity index (χ1n) is 10.3. The van der Waals surface area contributed by atoms with E-state index >= 15 is 0 Å². The van der Waals surface area contributed by atoms with Gasteiger partial charge in [0.05, 0.1) is 30.5 Å². The summed E-state index contributed by atoms with van der Waals surface area (Å²) in [6.07, 6.45) is 1.19. The lowest BCUT2D eigenvalue weighted by Gasteiger charge is -2.10. The first-order chi connectivity index (χ1) is 16.9. The average molecular weight is 481 g/mol. The van der Waals surface area contributed by atoms with E-state index in [1.54, 1.807) is 18.2 Å². The van der Waals surface area contributed by atoms with Crippen LogP contribution in [0.15, 0.2) is 67.3 Å². The molecule has 1 N–H and O–H groups in total. The molecule has 0 bridgehead atoms. The number of aromatic nitrogens is 6. The molecule has 176 valence electrons. The smallest absolute Gasteiger partial charge is 0.257 e. The van der Waals surface area contributed by atoms with Gasteiger partial charge in [-0.15, -0.1) is 0 Å². The number of halogens is 4. The third kappa shape index (κ3) is 4.58. The number of amides is 1. The van der Waals surface area contributed by atoms with E-state index in [0.717, 1.165) is 6.07 Å². The summed E-state index contributed by atoms with van der Waals surface area (Å²) in [6, 6.07) is 11.1. The maximum absolute atomic E-state index is 13.8. The van der Waals surface area contributed by atoms with Crippen molar-refractivity contribution in [3.05, 3.63) is 84.6 Å². The maximum atomic E-state index is 13.8. The number of benzene rings is 1. The number of hydrogen-bond acceptors (Lipinski definition) is 5. The number of fused-ring (bicyclic) bond motifs is 1. The van der Waals surface area contributed by atoms with Gasteiger partial charge >= 0.3 is 0 Å². The Labute approximate surface area is 194 Å². The van der Waals surface area contributed by atoms with Gasteiger partial charge in [0.15, 0.2) is 11.5 Å². The zero-order chi connectivity index (χ0) is 24.5. The Bertz CT molecular complexity index is 1550. The molecular weight excluding hydrogens is 466 g/mol. The Morgan fingerprint density at radius 3 is 2.69 bits per heavy atom. The van der Waals surface area contributed by atoms with Crippen LogP contribution in [0.25, 0.3) is 28.3 Å². The number of carbonyl (C=O) groups excluding carboxylic acids is 1. The molecule has 1 aromatic carbocycles. The molecule has 4 heterocycles. The highest BCUT2D eigenvalue weighted by Crippen LogP contribution is 2.31. The first kappa shape index (κ1) is 22.2. The predicted octanol–water partition coefficient (Wildman–Crippen LogP) is 4.45. The Morgan fingerprint density at radius 2 is 1.91 bits per heavy atom. The van der Waals surface area contributed by atoms with Gasteiger partial charge in [-0.3, -0.25) is 4.79 Å². The fourth-order valence-corrected chi connectivity index (χ4v) is 3.59. The van der Waals surface area contributed by atoms with Crippen molar-refractivity contribution in [3.8, 4) is 22.6 Å². The molecule has 0 aliphatic carbocycles. The van der Waals surface area contributed by atoms with E-state index in [0.29, 0.717) is 11.2 Å². The summed E-state index contributed by atoms with van der Waals surface area (Å²) in [5.74, 6) is -1.75. The van der Waals surface area contributed by atoms with Crippen molar-refractivity contribution in [3.63, 3.8) is 0 Å². The van der Waals surface area contributed by atoms with Crippen LogP contribution in [0.1, 0.15) is 10.4 Å². The van der Waals surface area contributed by atoms with Crippen LogP contribution >= 0.6 is 0 Å². The molecule has 0 aliphatic rings. The number of hydrogen-bond donors (Lipinski definition) is 1. The summed E-state index contributed by atoms with van der Waals surface area (Å²) < 4.78 is 56.2. The number of rotatable bonds is 6. The largest absolute Gasteiger partial charge is 0.323 e. The van der Waals surface area contributed by atoms with E-state index < -0.39 is 30.6 Å². The molecule has 0 spiro atoms. The van der Waals surface area contributed by atoms with Crippen molar-refractivity contribution in [2.75, 3.05) is 5.32 Å². The molecule has 0 saturated heterocycles. The van der Waals surface area contributed by atoms with Gasteiger partial charge in [0.2, 0.25) is 5.95 Å². The van der Waals surface area contributed by atoms with E-state index in [1.165, 1.54) is 52.1 Å². The molecule has 0 unspecified atom stereocenters. The quantitative estimate of drug-likeness (QED) is 0.286. The second-order valence-corrected chi connectivity index (χ2v) is 7.46. The number of nitrogens with zero attached hydrogens (tertiary/aromatic N) is 6. The van der Waals surface area contributed by atoms with E-state index in [2.05, 4.69) is 25.4 Å². The van der Waals surface area contributed by atoms with Crippen molar-refractivity contribution < 1.29 is 22.4 Å². The number of anilines is 1. The number of imidazole rings is 2. The Balaban J connectivity index is 1.52. The van der Waals surface area contributed by atoms with Gasteiger partial charge in [0.1, 0.15) is 11.5 Å². The van der Waals surface area contributed by atoms with Gasteiger partial charge in [0.25, 0.3) is 12.3 Å². The molecule has 35 heavy (non-hydrogen) atoms. The van der Waals surface area contributed by atoms with Crippen LogP contribution in [0.2, 0.25) is 0 Å². The van der Waals surface area contributed by atoms with E-state index in [1.807, 2.05) is 0 Å². The Morgan fingerprint density at radius 1 is 1.06 bits per heavy atom. The van der Waals surface area contributed by atoms with Crippen LogP contribution in [0.3, 0.4) is 0 Å². The molecule has 8 nitrogen and oxygen atoms in total. The van der Waals surface area contributed by atoms with Crippen LogP contribution < -0.4 is 5.32 Å². The summed E-state index contributed by atoms with van der Waals surface area (Å²) in [7, 11) is 0. The molecule has 1 amide bonds. The summed E-state index contributed by atoms with van der Waals surface area (Å²) in [5.41, 5.74) is 1.64. The lowest BCUT2D eigenvalue weighted by Crippen LogP contribution is -2.12. The number of pyridine rings is 1. The molecule has 4 aromatic heterocycles. The number of carbonyl (C=O) groups is 1. The zero-order valence-corrected chi connectivity index (χ0v) is 17.7. The van der Waals surface area contributed by atoms with Crippen molar-refractivity contribution in [2.45, 2.75) is 13.0 Å². The summed E-state index contributed by atoms with van der Waals surface area (Å²) >= 11 is 0. The summed E-state index contributed by atoms with van der Waals surface area (Å²) in [5, 5.41) is 6.99. The van der Waals surface area contributed by atoms with Gasteiger partial charge < -0.3 is 9.88 Å². The van der Waals surface area contributed by atoms with Crippen LogP contribution in [0.5, 0.6) is 0 Å². The minimum Gasteiger partial charge on any atom is -0.323 e. The van der Waals surface area contributed by atoms with E-state index in [9.17, 15) is 22.4 Å².